The maximum absolute atomic E-state index is 12.2. The van der Waals surface area contributed by atoms with E-state index in [-0.39, 0.29) is 6.03 Å². The van der Waals surface area contributed by atoms with Crippen molar-refractivity contribution in [1.29, 1.82) is 0 Å². The first-order chi connectivity index (χ1) is 10.2. The van der Waals surface area contributed by atoms with Crippen molar-refractivity contribution in [3.8, 4) is 0 Å². The molecular formula is C16H24N4O. The van der Waals surface area contributed by atoms with Gasteiger partial charge in [0.05, 0.1) is 0 Å². The molecule has 2 aliphatic rings. The average molecular weight is 288 g/mol. The van der Waals surface area contributed by atoms with Crippen molar-refractivity contribution in [2.75, 3.05) is 38.0 Å². The molecule has 5 heteroatoms. The maximum atomic E-state index is 12.2. The highest BCUT2D eigenvalue weighted by Crippen LogP contribution is 2.29. The Morgan fingerprint density at radius 2 is 1.81 bits per heavy atom. The number of nitrogens with one attached hydrogen (secondary N) is 1. The van der Waals surface area contributed by atoms with Crippen LogP contribution in [0.2, 0.25) is 0 Å². The summed E-state index contributed by atoms with van der Waals surface area (Å²) >= 11 is 0. The lowest BCUT2D eigenvalue weighted by atomic mass is 10.2. The number of hydrogen-bond donors (Lipinski definition) is 2. The summed E-state index contributed by atoms with van der Waals surface area (Å²) < 4.78 is 0. The molecule has 2 fully saturated rings. The number of urea groups is 1. The molecule has 3 N–H and O–H groups in total. The Balaban J connectivity index is 1.46. The van der Waals surface area contributed by atoms with Crippen LogP contribution in [0.5, 0.6) is 0 Å². The molecule has 0 unspecified atom stereocenters. The number of anilines is 1. The predicted molar refractivity (Wildman–Crippen MR) is 84.1 cm³/mol. The van der Waals surface area contributed by atoms with Gasteiger partial charge in [-0.1, -0.05) is 12.1 Å². The largest absolute Gasteiger partial charge is 0.326 e. The summed E-state index contributed by atoms with van der Waals surface area (Å²) in [7, 11) is 0. The smallest absolute Gasteiger partial charge is 0.321 e. The highest BCUT2D eigenvalue weighted by atomic mass is 16.2. The first kappa shape index (κ1) is 14.4. The third-order valence-electron chi connectivity index (χ3n) is 4.31. The summed E-state index contributed by atoms with van der Waals surface area (Å²) in [6, 6.07) is 7.71. The highest BCUT2D eigenvalue weighted by Gasteiger charge is 2.27. The van der Waals surface area contributed by atoms with Crippen LogP contribution >= 0.6 is 0 Å². The van der Waals surface area contributed by atoms with Crippen LogP contribution in [0.3, 0.4) is 0 Å². The fourth-order valence-corrected chi connectivity index (χ4v) is 2.73. The Bertz CT molecular complexity index is 476. The van der Waals surface area contributed by atoms with E-state index in [1.165, 1.54) is 19.4 Å². The Labute approximate surface area is 126 Å². The van der Waals surface area contributed by atoms with Gasteiger partial charge < -0.3 is 16.0 Å². The van der Waals surface area contributed by atoms with Crippen molar-refractivity contribution in [2.45, 2.75) is 19.4 Å². The molecule has 2 amide bonds. The molecule has 0 aromatic heterocycles. The van der Waals surface area contributed by atoms with E-state index >= 15 is 0 Å². The fraction of sp³-hybridized carbons (Fsp3) is 0.562. The summed E-state index contributed by atoms with van der Waals surface area (Å²) in [5.74, 6) is 0.923. The predicted octanol–water partition coefficient (Wildman–Crippen LogP) is 1.70. The molecule has 21 heavy (non-hydrogen) atoms. The zero-order chi connectivity index (χ0) is 14.7. The van der Waals surface area contributed by atoms with Gasteiger partial charge in [0.15, 0.2) is 0 Å². The summed E-state index contributed by atoms with van der Waals surface area (Å²) in [6.07, 6.45) is 2.78. The lowest BCUT2D eigenvalue weighted by molar-refractivity contribution is 0.144. The van der Waals surface area contributed by atoms with Gasteiger partial charge in [-0.2, -0.15) is 0 Å². The molecule has 0 bridgehead atoms. The van der Waals surface area contributed by atoms with Crippen LogP contribution in [0.15, 0.2) is 24.3 Å². The van der Waals surface area contributed by atoms with Crippen molar-refractivity contribution in [1.82, 2.24) is 9.80 Å². The summed E-state index contributed by atoms with van der Waals surface area (Å²) in [5.41, 5.74) is 7.47. The second kappa shape index (κ2) is 6.45. The first-order valence-corrected chi connectivity index (χ1v) is 7.82. The molecule has 1 saturated heterocycles. The minimum atomic E-state index is 0.00145. The Kier molecular flexibility index (Phi) is 4.41. The number of benzene rings is 1. The first-order valence-electron chi connectivity index (χ1n) is 7.82. The molecule has 0 radical (unpaired) electrons. The van der Waals surface area contributed by atoms with Crippen molar-refractivity contribution in [3.63, 3.8) is 0 Å². The minimum absolute atomic E-state index is 0.00145. The normalized spacial score (nSPS) is 19.6. The number of nitrogens with two attached hydrogens (primary N) is 1. The lowest BCUT2D eigenvalue weighted by Gasteiger charge is -2.34. The quantitative estimate of drug-likeness (QED) is 0.886. The third kappa shape index (κ3) is 3.95. The van der Waals surface area contributed by atoms with Gasteiger partial charge in [0.25, 0.3) is 0 Å². The van der Waals surface area contributed by atoms with Crippen molar-refractivity contribution in [3.05, 3.63) is 29.8 Å². The second-order valence-corrected chi connectivity index (χ2v) is 6.06. The number of carbonyl (C=O) groups is 1. The van der Waals surface area contributed by atoms with Crippen LogP contribution < -0.4 is 11.1 Å². The van der Waals surface area contributed by atoms with E-state index in [1.807, 2.05) is 29.2 Å². The average Bonchev–Trinajstić information content (AvgIpc) is 3.33. The van der Waals surface area contributed by atoms with E-state index in [2.05, 4.69) is 10.2 Å². The zero-order valence-electron chi connectivity index (χ0n) is 12.4. The summed E-state index contributed by atoms with van der Waals surface area (Å²) in [5, 5.41) is 2.96. The number of nitrogens with zero attached hydrogens (tertiary/aromatic N) is 2. The van der Waals surface area contributed by atoms with Crippen LogP contribution in [-0.4, -0.2) is 48.6 Å². The molecule has 3 rings (SSSR count). The van der Waals surface area contributed by atoms with Gasteiger partial charge >= 0.3 is 6.03 Å². The van der Waals surface area contributed by atoms with Crippen molar-refractivity contribution < 1.29 is 4.79 Å². The molecule has 0 spiro atoms. The van der Waals surface area contributed by atoms with Gasteiger partial charge in [0.1, 0.15) is 0 Å². The maximum Gasteiger partial charge on any atom is 0.321 e. The van der Waals surface area contributed by atoms with Gasteiger partial charge in [-0.3, -0.25) is 4.90 Å². The summed E-state index contributed by atoms with van der Waals surface area (Å²) in [4.78, 5) is 16.6. The van der Waals surface area contributed by atoms with Crippen molar-refractivity contribution >= 4 is 11.7 Å². The molecule has 114 valence electrons. The van der Waals surface area contributed by atoms with E-state index in [0.717, 1.165) is 43.3 Å². The number of carbonyl (C=O) groups excluding carboxylic acids is 1. The van der Waals surface area contributed by atoms with E-state index in [1.54, 1.807) is 0 Å². The van der Waals surface area contributed by atoms with Crippen LogP contribution in [0.25, 0.3) is 0 Å². The number of piperazine rings is 1. The van der Waals surface area contributed by atoms with Crippen LogP contribution in [0.4, 0.5) is 10.5 Å². The molecule has 5 nitrogen and oxygen atoms in total. The molecule has 1 aliphatic heterocycles. The molecule has 1 aliphatic carbocycles. The fourth-order valence-electron chi connectivity index (χ4n) is 2.73. The topological polar surface area (TPSA) is 61.6 Å². The van der Waals surface area contributed by atoms with Gasteiger partial charge in [0.2, 0.25) is 0 Å². The van der Waals surface area contributed by atoms with Crippen LogP contribution in [0, 0.1) is 5.92 Å². The molecule has 1 aromatic rings. The number of amides is 2. The van der Waals surface area contributed by atoms with Gasteiger partial charge in [-0.25, -0.2) is 4.79 Å². The highest BCUT2D eigenvalue weighted by molar-refractivity contribution is 5.89. The molecule has 1 saturated carbocycles. The van der Waals surface area contributed by atoms with E-state index in [0.29, 0.717) is 6.54 Å². The minimum Gasteiger partial charge on any atom is -0.326 e. The van der Waals surface area contributed by atoms with E-state index in [4.69, 9.17) is 5.73 Å². The lowest BCUT2D eigenvalue weighted by Crippen LogP contribution is -2.50. The van der Waals surface area contributed by atoms with Gasteiger partial charge in [-0.05, 0) is 36.5 Å². The van der Waals surface area contributed by atoms with Gasteiger partial charge in [-0.15, -0.1) is 0 Å². The second-order valence-electron chi connectivity index (χ2n) is 6.06. The van der Waals surface area contributed by atoms with Gasteiger partial charge in [0, 0.05) is 45.0 Å². The number of hydrogen-bond acceptors (Lipinski definition) is 3. The number of rotatable bonds is 4. The van der Waals surface area contributed by atoms with E-state index < -0.39 is 0 Å². The summed E-state index contributed by atoms with van der Waals surface area (Å²) in [6.45, 7) is 5.37. The molecule has 0 atom stereocenters. The monoisotopic (exact) mass is 288 g/mol. The van der Waals surface area contributed by atoms with Crippen molar-refractivity contribution in [2.24, 2.45) is 11.7 Å². The van der Waals surface area contributed by atoms with Crippen LogP contribution in [-0.2, 0) is 6.54 Å². The Morgan fingerprint density at radius 1 is 1.14 bits per heavy atom. The Morgan fingerprint density at radius 3 is 2.38 bits per heavy atom. The third-order valence-corrected chi connectivity index (χ3v) is 4.31. The standard InChI is InChI=1S/C16H24N4O/c17-11-13-3-5-15(6-4-13)18-16(21)20-9-7-19(8-10-20)12-14-1-2-14/h3-6,14H,1-2,7-12,17H2,(H,18,21). The molecule has 1 aromatic carbocycles. The Hall–Kier alpha value is -1.59. The zero-order valence-corrected chi connectivity index (χ0v) is 12.4. The molecular weight excluding hydrogens is 264 g/mol. The van der Waals surface area contributed by atoms with E-state index in [9.17, 15) is 4.79 Å². The SMILES string of the molecule is NCc1ccc(NC(=O)N2CCN(CC3CC3)CC2)cc1. The van der Waals surface area contributed by atoms with Crippen LogP contribution in [0.1, 0.15) is 18.4 Å². The molecule has 1 heterocycles.